The minimum Gasteiger partial charge on any atom is -0.478 e. The zero-order chi connectivity index (χ0) is 20.3. The topological polar surface area (TPSA) is 102 Å². The van der Waals surface area contributed by atoms with Crippen LogP contribution in [0.2, 0.25) is 0 Å². The van der Waals surface area contributed by atoms with Crippen LogP contribution in [0.15, 0.2) is 36.7 Å². The first-order valence-corrected chi connectivity index (χ1v) is 8.67. The lowest BCUT2D eigenvalue weighted by atomic mass is 10.2. The molecule has 146 valence electrons. The average molecular weight is 385 g/mol. The number of carbonyl (C=O) groups is 2. The normalized spacial score (nSPS) is 10.8. The first-order valence-electron chi connectivity index (χ1n) is 8.67. The summed E-state index contributed by atoms with van der Waals surface area (Å²) in [5.74, 6) is -1.58. The van der Waals surface area contributed by atoms with E-state index in [2.05, 4.69) is 15.5 Å². The van der Waals surface area contributed by atoms with Crippen molar-refractivity contribution in [2.45, 2.75) is 33.4 Å². The monoisotopic (exact) mass is 385 g/mol. The number of rotatable bonds is 7. The number of benzene rings is 1. The van der Waals surface area contributed by atoms with Crippen molar-refractivity contribution in [2.24, 2.45) is 0 Å². The Bertz CT molecular complexity index is 1010. The molecule has 9 heteroatoms. The molecule has 1 aromatic carbocycles. The number of hydrogen-bond acceptors (Lipinski definition) is 4. The maximum absolute atomic E-state index is 13.0. The smallest absolute Gasteiger partial charge is 0.338 e. The summed E-state index contributed by atoms with van der Waals surface area (Å²) >= 11 is 0. The average Bonchev–Trinajstić information content (AvgIpc) is 3.23. The van der Waals surface area contributed by atoms with Gasteiger partial charge in [0.15, 0.2) is 0 Å². The Morgan fingerprint density at radius 3 is 2.57 bits per heavy atom. The number of aryl methyl sites for hydroxylation is 2. The van der Waals surface area contributed by atoms with Gasteiger partial charge in [-0.1, -0.05) is 12.1 Å². The fourth-order valence-corrected chi connectivity index (χ4v) is 2.81. The molecule has 0 fully saturated rings. The molecule has 3 aromatic rings. The molecule has 8 nitrogen and oxygen atoms in total. The SMILES string of the molecule is Cc1nn(Cc2ccc(F)cc2)c(C)c1NC(=O)CCn1cc(C(=O)O)cn1. The molecule has 0 aliphatic rings. The Hall–Kier alpha value is -3.49. The summed E-state index contributed by atoms with van der Waals surface area (Å²) in [6.45, 7) is 4.39. The van der Waals surface area contributed by atoms with E-state index in [1.807, 2.05) is 6.92 Å². The predicted octanol–water partition coefficient (Wildman–Crippen LogP) is 2.61. The van der Waals surface area contributed by atoms with Crippen molar-refractivity contribution >= 4 is 17.6 Å². The third kappa shape index (κ3) is 4.43. The van der Waals surface area contributed by atoms with Crippen LogP contribution in [-0.2, 0) is 17.9 Å². The van der Waals surface area contributed by atoms with Crippen molar-refractivity contribution < 1.29 is 19.1 Å². The molecule has 28 heavy (non-hydrogen) atoms. The van der Waals surface area contributed by atoms with Gasteiger partial charge >= 0.3 is 5.97 Å². The summed E-state index contributed by atoms with van der Waals surface area (Å²) in [5, 5.41) is 20.1. The summed E-state index contributed by atoms with van der Waals surface area (Å²) in [7, 11) is 0. The maximum atomic E-state index is 13.0. The molecule has 0 radical (unpaired) electrons. The van der Waals surface area contributed by atoms with E-state index in [1.165, 1.54) is 29.2 Å². The summed E-state index contributed by atoms with van der Waals surface area (Å²) in [4.78, 5) is 23.1. The van der Waals surface area contributed by atoms with Gasteiger partial charge in [0, 0.05) is 19.2 Å². The van der Waals surface area contributed by atoms with Crippen LogP contribution in [0.3, 0.4) is 0 Å². The van der Waals surface area contributed by atoms with Crippen molar-refractivity contribution in [1.29, 1.82) is 0 Å². The third-order valence-electron chi connectivity index (χ3n) is 4.34. The number of carboxylic acid groups (broad SMARTS) is 1. The van der Waals surface area contributed by atoms with Crippen molar-refractivity contribution in [1.82, 2.24) is 19.6 Å². The molecule has 0 aliphatic carbocycles. The number of carbonyl (C=O) groups excluding carboxylic acids is 1. The minimum atomic E-state index is -1.06. The van der Waals surface area contributed by atoms with E-state index in [9.17, 15) is 14.0 Å². The summed E-state index contributed by atoms with van der Waals surface area (Å²) in [6.07, 6.45) is 2.77. The molecular formula is C19H20FN5O3. The number of carboxylic acids is 1. The highest BCUT2D eigenvalue weighted by Crippen LogP contribution is 2.21. The van der Waals surface area contributed by atoms with Gasteiger partial charge < -0.3 is 10.4 Å². The zero-order valence-electron chi connectivity index (χ0n) is 15.5. The molecule has 3 rings (SSSR count). The molecule has 0 unspecified atom stereocenters. The van der Waals surface area contributed by atoms with Gasteiger partial charge in [0.25, 0.3) is 0 Å². The van der Waals surface area contributed by atoms with E-state index in [0.717, 1.165) is 11.3 Å². The molecule has 0 saturated heterocycles. The second-order valence-corrected chi connectivity index (χ2v) is 6.43. The van der Waals surface area contributed by atoms with E-state index in [1.54, 1.807) is 23.7 Å². The third-order valence-corrected chi connectivity index (χ3v) is 4.34. The number of aromatic carboxylic acids is 1. The van der Waals surface area contributed by atoms with Crippen molar-refractivity contribution in [2.75, 3.05) is 5.32 Å². The second-order valence-electron chi connectivity index (χ2n) is 6.43. The van der Waals surface area contributed by atoms with E-state index in [4.69, 9.17) is 5.11 Å². The minimum absolute atomic E-state index is 0.0779. The summed E-state index contributed by atoms with van der Waals surface area (Å²) < 4.78 is 16.2. The molecule has 0 aliphatic heterocycles. The van der Waals surface area contributed by atoms with Gasteiger partial charge in [0.2, 0.25) is 5.91 Å². The highest BCUT2D eigenvalue weighted by Gasteiger charge is 2.15. The highest BCUT2D eigenvalue weighted by molar-refractivity contribution is 5.91. The quantitative estimate of drug-likeness (QED) is 0.651. The van der Waals surface area contributed by atoms with Gasteiger partial charge in [-0.05, 0) is 31.5 Å². The molecule has 2 aromatic heterocycles. The van der Waals surface area contributed by atoms with Crippen LogP contribution < -0.4 is 5.32 Å². The molecule has 0 bridgehead atoms. The predicted molar refractivity (Wildman–Crippen MR) is 99.6 cm³/mol. The van der Waals surface area contributed by atoms with Gasteiger partial charge in [0.05, 0.1) is 35.4 Å². The molecule has 0 atom stereocenters. The Labute approximate surface area is 160 Å². The Morgan fingerprint density at radius 2 is 1.93 bits per heavy atom. The fourth-order valence-electron chi connectivity index (χ4n) is 2.81. The number of anilines is 1. The number of aromatic nitrogens is 4. The van der Waals surface area contributed by atoms with Crippen molar-refractivity contribution in [3.05, 3.63) is 65.0 Å². The number of halogens is 1. The molecule has 2 N–H and O–H groups in total. The number of hydrogen-bond donors (Lipinski definition) is 2. The molecule has 0 saturated carbocycles. The zero-order valence-corrected chi connectivity index (χ0v) is 15.5. The highest BCUT2D eigenvalue weighted by atomic mass is 19.1. The van der Waals surface area contributed by atoms with E-state index >= 15 is 0 Å². The molecule has 2 heterocycles. The van der Waals surface area contributed by atoms with Gasteiger partial charge in [0.1, 0.15) is 5.82 Å². The van der Waals surface area contributed by atoms with E-state index < -0.39 is 5.97 Å². The van der Waals surface area contributed by atoms with Gasteiger partial charge in [-0.25, -0.2) is 9.18 Å². The molecule has 1 amide bonds. The van der Waals surface area contributed by atoms with Crippen molar-refractivity contribution in [3.63, 3.8) is 0 Å². The number of nitrogens with zero attached hydrogens (tertiary/aromatic N) is 4. The Balaban J connectivity index is 1.63. The Kier molecular flexibility index (Phi) is 5.53. The fraction of sp³-hybridized carbons (Fsp3) is 0.263. The number of amides is 1. The van der Waals surface area contributed by atoms with Crippen LogP contribution in [-0.4, -0.2) is 36.5 Å². The second kappa shape index (κ2) is 8.03. The maximum Gasteiger partial charge on any atom is 0.338 e. The molecule has 0 spiro atoms. The van der Waals surface area contributed by atoms with Crippen LogP contribution in [0.25, 0.3) is 0 Å². The standard InChI is InChI=1S/C19H20FN5O3/c1-12-18(13(2)25(23-12)10-14-3-5-16(20)6-4-14)22-17(26)7-8-24-11-15(9-21-24)19(27)28/h3-6,9,11H,7-8,10H2,1-2H3,(H,22,26)(H,27,28). The first kappa shape index (κ1) is 19.3. The van der Waals surface area contributed by atoms with E-state index in [0.29, 0.717) is 17.9 Å². The van der Waals surface area contributed by atoms with Gasteiger partial charge in [-0.2, -0.15) is 10.2 Å². The molecular weight excluding hydrogens is 365 g/mol. The lowest BCUT2D eigenvalue weighted by Crippen LogP contribution is -2.16. The van der Waals surface area contributed by atoms with Crippen LogP contribution in [0.1, 0.15) is 33.7 Å². The summed E-state index contributed by atoms with van der Waals surface area (Å²) in [6, 6.07) is 6.18. The van der Waals surface area contributed by atoms with Crippen LogP contribution in [0.5, 0.6) is 0 Å². The van der Waals surface area contributed by atoms with E-state index in [-0.39, 0.29) is 30.3 Å². The van der Waals surface area contributed by atoms with Crippen LogP contribution in [0.4, 0.5) is 10.1 Å². The van der Waals surface area contributed by atoms with Gasteiger partial charge in [-0.3, -0.25) is 14.2 Å². The van der Waals surface area contributed by atoms with Gasteiger partial charge in [-0.15, -0.1) is 0 Å². The summed E-state index contributed by atoms with van der Waals surface area (Å²) in [5.41, 5.74) is 3.09. The van der Waals surface area contributed by atoms with Crippen molar-refractivity contribution in [3.8, 4) is 0 Å². The largest absolute Gasteiger partial charge is 0.478 e. The van der Waals surface area contributed by atoms with Crippen LogP contribution >= 0.6 is 0 Å². The lowest BCUT2D eigenvalue weighted by molar-refractivity contribution is -0.116. The van der Waals surface area contributed by atoms with Crippen LogP contribution in [0, 0.1) is 19.7 Å². The lowest BCUT2D eigenvalue weighted by Gasteiger charge is -2.08. The first-order chi connectivity index (χ1) is 13.3. The number of nitrogens with one attached hydrogen (secondary N) is 1. The Morgan fingerprint density at radius 1 is 1.21 bits per heavy atom.